The number of benzene rings is 1. The van der Waals surface area contributed by atoms with E-state index in [1.54, 1.807) is 23.1 Å². The predicted molar refractivity (Wildman–Crippen MR) is 90.4 cm³/mol. The highest BCUT2D eigenvalue weighted by atomic mass is 35.5. The minimum absolute atomic E-state index is 0.0880. The molecule has 118 valence electrons. The SMILES string of the molecule is CC(C)(C#Cc1ccc(Cl)c(Cl)c1)NC(=O)N1CCNCC1. The van der Waals surface area contributed by atoms with Crippen LogP contribution >= 0.6 is 23.2 Å². The van der Waals surface area contributed by atoms with Crippen LogP contribution in [0.5, 0.6) is 0 Å². The summed E-state index contributed by atoms with van der Waals surface area (Å²) in [6.07, 6.45) is 0. The highest BCUT2D eigenvalue weighted by molar-refractivity contribution is 6.42. The Morgan fingerprint density at radius 3 is 2.59 bits per heavy atom. The van der Waals surface area contributed by atoms with Crippen molar-refractivity contribution < 1.29 is 4.79 Å². The molecule has 1 aromatic rings. The van der Waals surface area contributed by atoms with Gasteiger partial charge in [0.05, 0.1) is 15.6 Å². The van der Waals surface area contributed by atoms with Crippen molar-refractivity contribution in [3.8, 4) is 11.8 Å². The fourth-order valence-corrected chi connectivity index (χ4v) is 2.35. The monoisotopic (exact) mass is 339 g/mol. The first-order valence-corrected chi connectivity index (χ1v) is 7.89. The van der Waals surface area contributed by atoms with Crippen LogP contribution in [-0.4, -0.2) is 42.6 Å². The number of carbonyl (C=O) groups is 1. The molecule has 0 bridgehead atoms. The fraction of sp³-hybridized carbons (Fsp3) is 0.438. The molecule has 2 N–H and O–H groups in total. The Balaban J connectivity index is 2.02. The maximum atomic E-state index is 12.2. The van der Waals surface area contributed by atoms with Crippen molar-refractivity contribution in [2.75, 3.05) is 26.2 Å². The van der Waals surface area contributed by atoms with Crippen LogP contribution in [0.3, 0.4) is 0 Å². The molecule has 0 aliphatic carbocycles. The molecule has 4 nitrogen and oxygen atoms in total. The third kappa shape index (κ3) is 4.81. The topological polar surface area (TPSA) is 44.4 Å². The molecule has 22 heavy (non-hydrogen) atoms. The van der Waals surface area contributed by atoms with Crippen molar-refractivity contribution in [2.45, 2.75) is 19.4 Å². The molecule has 1 saturated heterocycles. The molecule has 2 rings (SSSR count). The summed E-state index contributed by atoms with van der Waals surface area (Å²) in [5.41, 5.74) is 0.132. The van der Waals surface area contributed by atoms with Crippen molar-refractivity contribution in [2.24, 2.45) is 0 Å². The van der Waals surface area contributed by atoms with Crippen molar-refractivity contribution in [3.63, 3.8) is 0 Å². The normalized spacial score (nSPS) is 15.0. The molecular weight excluding hydrogens is 321 g/mol. The van der Waals surface area contributed by atoms with Crippen LogP contribution in [0.1, 0.15) is 19.4 Å². The number of hydrogen-bond acceptors (Lipinski definition) is 2. The van der Waals surface area contributed by atoms with E-state index in [1.807, 2.05) is 13.8 Å². The Morgan fingerprint density at radius 1 is 1.27 bits per heavy atom. The molecule has 1 fully saturated rings. The molecule has 1 aliphatic heterocycles. The lowest BCUT2D eigenvalue weighted by Gasteiger charge is -2.30. The van der Waals surface area contributed by atoms with Crippen LogP contribution in [0.4, 0.5) is 4.79 Å². The summed E-state index contributed by atoms with van der Waals surface area (Å²) in [6.45, 7) is 6.81. The van der Waals surface area contributed by atoms with Gasteiger partial charge >= 0.3 is 6.03 Å². The minimum atomic E-state index is -0.631. The van der Waals surface area contributed by atoms with Gasteiger partial charge < -0.3 is 15.5 Å². The predicted octanol–water partition coefficient (Wildman–Crippen LogP) is 2.74. The maximum absolute atomic E-state index is 12.2. The first-order valence-electron chi connectivity index (χ1n) is 7.13. The van der Waals surface area contributed by atoms with Gasteiger partial charge in [0, 0.05) is 31.7 Å². The molecule has 1 heterocycles. The number of nitrogens with zero attached hydrogens (tertiary/aromatic N) is 1. The van der Waals surface area contributed by atoms with Gasteiger partial charge in [-0.2, -0.15) is 0 Å². The molecule has 0 radical (unpaired) electrons. The van der Waals surface area contributed by atoms with Gasteiger partial charge in [0.2, 0.25) is 0 Å². The fourth-order valence-electron chi connectivity index (χ4n) is 2.05. The van der Waals surface area contributed by atoms with Gasteiger partial charge in [-0.25, -0.2) is 4.79 Å². The average molecular weight is 340 g/mol. The summed E-state index contributed by atoms with van der Waals surface area (Å²) in [5.74, 6) is 6.09. The van der Waals surface area contributed by atoms with E-state index in [9.17, 15) is 4.79 Å². The lowest BCUT2D eigenvalue weighted by atomic mass is 10.1. The zero-order valence-corrected chi connectivity index (χ0v) is 14.2. The standard InChI is InChI=1S/C16H19Cl2N3O/c1-16(2,20-15(22)21-9-7-19-8-10-21)6-5-12-3-4-13(17)14(18)11-12/h3-4,11,19H,7-10H2,1-2H3,(H,20,22). The van der Waals surface area contributed by atoms with Crippen LogP contribution in [0.2, 0.25) is 10.0 Å². The molecule has 1 aliphatic rings. The highest BCUT2D eigenvalue weighted by Crippen LogP contribution is 2.22. The Morgan fingerprint density at radius 2 is 1.95 bits per heavy atom. The van der Waals surface area contributed by atoms with E-state index in [2.05, 4.69) is 22.5 Å². The van der Waals surface area contributed by atoms with Gasteiger partial charge in [0.15, 0.2) is 0 Å². The molecular formula is C16H19Cl2N3O. The number of nitrogens with one attached hydrogen (secondary N) is 2. The number of rotatable bonds is 1. The molecule has 0 aromatic heterocycles. The van der Waals surface area contributed by atoms with Crippen LogP contribution in [0, 0.1) is 11.8 Å². The van der Waals surface area contributed by atoms with Crippen LogP contribution < -0.4 is 10.6 Å². The van der Waals surface area contributed by atoms with E-state index in [0.717, 1.165) is 18.7 Å². The second-order valence-corrected chi connectivity index (χ2v) is 6.49. The summed E-state index contributed by atoms with van der Waals surface area (Å²) in [6, 6.07) is 5.13. The molecule has 0 spiro atoms. The molecule has 6 heteroatoms. The number of amides is 2. The Kier molecular flexibility index (Phi) is 5.57. The first kappa shape index (κ1) is 17.0. The number of halogens is 2. The van der Waals surface area contributed by atoms with Crippen LogP contribution in [0.25, 0.3) is 0 Å². The summed E-state index contributed by atoms with van der Waals surface area (Å²) in [7, 11) is 0. The van der Waals surface area contributed by atoms with E-state index in [4.69, 9.17) is 23.2 Å². The van der Waals surface area contributed by atoms with E-state index < -0.39 is 5.54 Å². The van der Waals surface area contributed by atoms with Gasteiger partial charge in [0.25, 0.3) is 0 Å². The van der Waals surface area contributed by atoms with Crippen molar-refractivity contribution >= 4 is 29.2 Å². The smallest absolute Gasteiger partial charge is 0.318 e. The van der Waals surface area contributed by atoms with E-state index in [-0.39, 0.29) is 6.03 Å². The van der Waals surface area contributed by atoms with Gasteiger partial charge in [-0.1, -0.05) is 35.0 Å². The Labute approximate surface area is 141 Å². The summed E-state index contributed by atoms with van der Waals surface area (Å²) >= 11 is 11.8. The number of urea groups is 1. The summed E-state index contributed by atoms with van der Waals surface area (Å²) in [4.78, 5) is 14.0. The van der Waals surface area contributed by atoms with Crippen molar-refractivity contribution in [1.29, 1.82) is 0 Å². The number of piperazine rings is 1. The van der Waals surface area contributed by atoms with Crippen molar-refractivity contribution in [1.82, 2.24) is 15.5 Å². The third-order valence-corrected chi connectivity index (χ3v) is 4.00. The zero-order valence-electron chi connectivity index (χ0n) is 12.7. The quantitative estimate of drug-likeness (QED) is 0.772. The molecule has 2 amide bonds. The number of hydrogen-bond donors (Lipinski definition) is 2. The lowest BCUT2D eigenvalue weighted by molar-refractivity contribution is 0.184. The van der Waals surface area contributed by atoms with Crippen molar-refractivity contribution in [3.05, 3.63) is 33.8 Å². The van der Waals surface area contributed by atoms with Crippen LogP contribution in [0.15, 0.2) is 18.2 Å². The van der Waals surface area contributed by atoms with Gasteiger partial charge in [-0.05, 0) is 32.0 Å². The highest BCUT2D eigenvalue weighted by Gasteiger charge is 2.22. The van der Waals surface area contributed by atoms with Gasteiger partial charge in [-0.15, -0.1) is 0 Å². The Hall–Kier alpha value is -1.41. The van der Waals surface area contributed by atoms with E-state index >= 15 is 0 Å². The Bertz CT molecular complexity index is 614. The van der Waals surface area contributed by atoms with E-state index in [1.165, 1.54) is 0 Å². The largest absolute Gasteiger partial charge is 0.322 e. The molecule has 0 saturated carbocycles. The van der Waals surface area contributed by atoms with Gasteiger partial charge in [0.1, 0.15) is 0 Å². The lowest BCUT2D eigenvalue weighted by Crippen LogP contribution is -2.54. The summed E-state index contributed by atoms with van der Waals surface area (Å²) in [5, 5.41) is 7.13. The minimum Gasteiger partial charge on any atom is -0.322 e. The second kappa shape index (κ2) is 7.23. The van der Waals surface area contributed by atoms with E-state index in [0.29, 0.717) is 23.1 Å². The third-order valence-electron chi connectivity index (χ3n) is 3.26. The molecule has 0 atom stereocenters. The van der Waals surface area contributed by atoms with Gasteiger partial charge in [-0.3, -0.25) is 0 Å². The zero-order chi connectivity index (χ0) is 16.2. The second-order valence-electron chi connectivity index (χ2n) is 5.67. The first-order chi connectivity index (χ1) is 10.4. The molecule has 1 aromatic carbocycles. The maximum Gasteiger partial charge on any atom is 0.318 e. The van der Waals surface area contributed by atoms with Crippen LogP contribution in [-0.2, 0) is 0 Å². The molecule has 0 unspecified atom stereocenters. The summed E-state index contributed by atoms with van der Waals surface area (Å²) < 4.78 is 0. The average Bonchev–Trinajstić information content (AvgIpc) is 2.49. The number of carbonyl (C=O) groups excluding carboxylic acids is 1.